The molecular weight excluding hydrogens is 557 g/mol. The van der Waals surface area contributed by atoms with E-state index in [4.69, 9.17) is 0 Å². The van der Waals surface area contributed by atoms with E-state index in [2.05, 4.69) is 0 Å². The average Bonchev–Trinajstić information content (AvgIpc) is 2.72. The molecule has 0 saturated heterocycles. The van der Waals surface area contributed by atoms with Gasteiger partial charge in [-0.3, -0.25) is 4.79 Å². The van der Waals surface area contributed by atoms with Gasteiger partial charge in [0.2, 0.25) is 0 Å². The molecule has 0 aliphatic heterocycles. The maximum atomic E-state index is 13.8. The second-order valence-corrected chi connectivity index (χ2v) is 7.02. The Morgan fingerprint density at radius 2 is 0.917 bits per heavy atom. The Balaban J connectivity index is 3.53. The van der Waals surface area contributed by atoms with Crippen molar-refractivity contribution in [3.63, 3.8) is 0 Å². The van der Waals surface area contributed by atoms with Crippen molar-refractivity contribution >= 4 is 11.6 Å². The fraction of sp³-hybridized carbons (Fsp3) is 0.588. The summed E-state index contributed by atoms with van der Waals surface area (Å²) < 4.78 is 224. The van der Waals surface area contributed by atoms with Crippen LogP contribution in [0.4, 0.5) is 80.3 Å². The zero-order valence-corrected chi connectivity index (χ0v) is 16.9. The number of carbonyl (C=O) groups is 1. The largest absolute Gasteiger partial charge is 0.460 e. The highest BCUT2D eigenvalue weighted by Gasteiger charge is 2.95. The molecule has 0 radical (unpaired) electrons. The molecule has 1 amide bonds. The topological polar surface area (TPSA) is 29.1 Å². The Morgan fingerprint density at radius 1 is 0.583 bits per heavy atom. The van der Waals surface area contributed by atoms with Crippen molar-refractivity contribution in [2.24, 2.45) is 0 Å². The summed E-state index contributed by atoms with van der Waals surface area (Å²) >= 11 is 0. The number of halogens is 17. The third-order valence-corrected chi connectivity index (χ3v) is 4.63. The Labute approximate surface area is 188 Å². The van der Waals surface area contributed by atoms with Crippen LogP contribution in [-0.4, -0.2) is 53.5 Å². The highest BCUT2D eigenvalue weighted by atomic mass is 19.4. The van der Waals surface area contributed by atoms with E-state index in [1.807, 2.05) is 0 Å². The van der Waals surface area contributed by atoms with E-state index >= 15 is 0 Å². The van der Waals surface area contributed by atoms with Crippen LogP contribution in [0.5, 0.6) is 0 Å². The number of rotatable bonds is 9. The number of benzene rings is 1. The minimum atomic E-state index is -8.74. The summed E-state index contributed by atoms with van der Waals surface area (Å²) in [5.41, 5.74) is -0.445. The minimum Gasteiger partial charge on any atom is -0.321 e. The summed E-state index contributed by atoms with van der Waals surface area (Å²) in [7, 11) is 0. The number of hydrogen-bond donors (Lipinski definition) is 1. The molecule has 1 aromatic carbocycles. The summed E-state index contributed by atoms with van der Waals surface area (Å²) in [6.45, 7) is 1.55. The molecule has 0 aromatic heterocycles. The predicted octanol–water partition coefficient (Wildman–Crippen LogP) is 7.20. The first-order valence-corrected chi connectivity index (χ1v) is 8.80. The van der Waals surface area contributed by atoms with E-state index in [1.165, 1.54) is 0 Å². The second-order valence-electron chi connectivity index (χ2n) is 7.02. The number of alkyl halides is 17. The van der Waals surface area contributed by atoms with Gasteiger partial charge in [0.25, 0.3) is 0 Å². The molecule has 2 nitrogen and oxygen atoms in total. The first kappa shape index (κ1) is 31.5. The Bertz CT molecular complexity index is 949. The quantitative estimate of drug-likeness (QED) is 0.315. The number of hydrogen-bond acceptors (Lipinski definition) is 1. The third-order valence-electron chi connectivity index (χ3n) is 4.63. The van der Waals surface area contributed by atoms with Crippen LogP contribution < -0.4 is 5.32 Å². The molecule has 208 valence electrons. The number of anilines is 1. The average molecular weight is 567 g/mol. The molecule has 0 unspecified atom stereocenters. The van der Waals surface area contributed by atoms with E-state index in [1.54, 1.807) is 6.92 Å². The van der Waals surface area contributed by atoms with E-state index in [0.717, 1.165) is 17.4 Å². The van der Waals surface area contributed by atoms with Crippen molar-refractivity contribution in [1.82, 2.24) is 0 Å². The molecular formula is C17H10F17NO. The van der Waals surface area contributed by atoms with Gasteiger partial charge in [0.15, 0.2) is 0 Å². The van der Waals surface area contributed by atoms with Gasteiger partial charge in [0.05, 0.1) is 0 Å². The fourth-order valence-corrected chi connectivity index (χ4v) is 2.34. The van der Waals surface area contributed by atoms with Gasteiger partial charge in [-0.25, -0.2) is 0 Å². The van der Waals surface area contributed by atoms with Gasteiger partial charge in [-0.05, 0) is 24.1 Å². The first-order valence-electron chi connectivity index (χ1n) is 8.80. The molecule has 0 atom stereocenters. The molecule has 1 aromatic rings. The van der Waals surface area contributed by atoms with Crippen LogP contribution in [0, 0.1) is 0 Å². The summed E-state index contributed by atoms with van der Waals surface area (Å²) in [6.07, 6.45) is -7.54. The van der Waals surface area contributed by atoms with Gasteiger partial charge in [-0.1, -0.05) is 19.1 Å². The SMILES string of the molecule is CCc1ccc(NC(=O)C(F)(F)C(F)(F)C(F)(F)C(F)(F)C(F)(F)C(F)(F)C(F)(F)C(F)(F)F)cc1. The molecule has 1 N–H and O–H groups in total. The van der Waals surface area contributed by atoms with Gasteiger partial charge in [0, 0.05) is 5.69 Å². The van der Waals surface area contributed by atoms with E-state index < -0.39 is 59.2 Å². The van der Waals surface area contributed by atoms with Crippen molar-refractivity contribution in [3.05, 3.63) is 29.8 Å². The standard InChI is InChI=1S/C17H10F17NO/c1-2-7-3-5-8(6-4-7)35-9(36)10(18,19)11(20,21)12(22,23)13(24,25)14(26,27)15(28,29)16(30,31)17(32,33)34/h3-6H,2H2,1H3,(H,35,36). The lowest BCUT2D eigenvalue weighted by molar-refractivity contribution is -0.459. The lowest BCUT2D eigenvalue weighted by Crippen LogP contribution is -2.75. The lowest BCUT2D eigenvalue weighted by Gasteiger charge is -2.42. The number of carbonyl (C=O) groups excluding carboxylic acids is 1. The monoisotopic (exact) mass is 567 g/mol. The molecule has 0 saturated carbocycles. The van der Waals surface area contributed by atoms with Gasteiger partial charge in [-0.15, -0.1) is 0 Å². The normalized spacial score (nSPS) is 15.2. The summed E-state index contributed by atoms with van der Waals surface area (Å²) in [6, 6.07) is 3.51. The van der Waals surface area contributed by atoms with Crippen LogP contribution in [0.2, 0.25) is 0 Å². The molecule has 0 aliphatic carbocycles. The summed E-state index contributed by atoms with van der Waals surface area (Å²) in [5.74, 6) is -61.6. The molecule has 19 heteroatoms. The molecule has 0 fully saturated rings. The van der Waals surface area contributed by atoms with Crippen LogP contribution in [0.15, 0.2) is 24.3 Å². The van der Waals surface area contributed by atoms with Crippen LogP contribution in [0.25, 0.3) is 0 Å². The number of amides is 1. The maximum Gasteiger partial charge on any atom is 0.460 e. The van der Waals surface area contributed by atoms with Crippen LogP contribution in [0.3, 0.4) is 0 Å². The van der Waals surface area contributed by atoms with E-state index in [9.17, 15) is 79.4 Å². The van der Waals surface area contributed by atoms with Crippen LogP contribution >= 0.6 is 0 Å². The highest BCUT2D eigenvalue weighted by Crippen LogP contribution is 2.63. The summed E-state index contributed by atoms with van der Waals surface area (Å²) in [4.78, 5) is 11.4. The zero-order valence-electron chi connectivity index (χ0n) is 16.9. The molecule has 0 heterocycles. The summed E-state index contributed by atoms with van der Waals surface area (Å²) in [5, 5.41) is 0.825. The molecule has 0 aliphatic rings. The Hall–Kier alpha value is -2.50. The first-order chi connectivity index (χ1) is 15.7. The second kappa shape index (κ2) is 8.81. The van der Waals surface area contributed by atoms with E-state index in [0.29, 0.717) is 17.7 Å². The predicted molar refractivity (Wildman–Crippen MR) is 85.1 cm³/mol. The van der Waals surface area contributed by atoms with Crippen molar-refractivity contribution < 1.29 is 79.4 Å². The van der Waals surface area contributed by atoms with E-state index in [-0.39, 0.29) is 6.42 Å². The van der Waals surface area contributed by atoms with Gasteiger partial charge in [-0.2, -0.15) is 74.6 Å². The minimum absolute atomic E-state index is 0.288. The number of nitrogens with one attached hydrogen (secondary N) is 1. The van der Waals surface area contributed by atoms with Crippen molar-refractivity contribution in [2.45, 2.75) is 61.0 Å². The molecule has 0 bridgehead atoms. The Kier molecular flexibility index (Phi) is 7.72. The van der Waals surface area contributed by atoms with Gasteiger partial charge >= 0.3 is 53.5 Å². The molecule has 36 heavy (non-hydrogen) atoms. The maximum absolute atomic E-state index is 13.8. The van der Waals surface area contributed by atoms with Crippen LogP contribution in [0.1, 0.15) is 12.5 Å². The van der Waals surface area contributed by atoms with Gasteiger partial charge in [0.1, 0.15) is 0 Å². The van der Waals surface area contributed by atoms with Crippen molar-refractivity contribution in [2.75, 3.05) is 5.32 Å². The number of aryl methyl sites for hydroxylation is 1. The third kappa shape index (κ3) is 4.31. The zero-order chi connectivity index (χ0) is 29.0. The molecule has 0 spiro atoms. The molecule has 1 rings (SSSR count). The van der Waals surface area contributed by atoms with Gasteiger partial charge < -0.3 is 5.32 Å². The lowest BCUT2D eigenvalue weighted by atomic mass is 9.89. The van der Waals surface area contributed by atoms with Crippen molar-refractivity contribution in [3.8, 4) is 0 Å². The highest BCUT2D eigenvalue weighted by molar-refractivity contribution is 5.97. The van der Waals surface area contributed by atoms with Crippen LogP contribution in [-0.2, 0) is 11.2 Å². The van der Waals surface area contributed by atoms with Crippen molar-refractivity contribution in [1.29, 1.82) is 0 Å². The fourth-order valence-electron chi connectivity index (χ4n) is 2.34. The smallest absolute Gasteiger partial charge is 0.321 e. The Morgan fingerprint density at radius 3 is 1.25 bits per heavy atom.